The highest BCUT2D eigenvalue weighted by Gasteiger charge is 2.16. The van der Waals surface area contributed by atoms with Crippen LogP contribution in [0.25, 0.3) is 5.69 Å². The molecule has 0 radical (unpaired) electrons. The lowest BCUT2D eigenvalue weighted by Gasteiger charge is -2.02. The van der Waals surface area contributed by atoms with Crippen LogP contribution in [0.4, 0.5) is 0 Å². The standard InChI is InChI=1S/C18H21N7O3/c1-11-5-14(22(4)20-11)7-23-10-17(26)25(18(23)27)15-6-19-24(8-15)9-16-12(2)21-28-13(16)3/h5-6,8,10,26H,7,9H2,1-4H3. The van der Waals surface area contributed by atoms with Gasteiger partial charge < -0.3 is 9.63 Å². The fraction of sp³-hybridized carbons (Fsp3) is 0.333. The van der Waals surface area contributed by atoms with Gasteiger partial charge in [0.2, 0.25) is 5.88 Å². The molecule has 0 aliphatic carbocycles. The third kappa shape index (κ3) is 3.02. The molecule has 0 unspecified atom stereocenters. The highest BCUT2D eigenvalue weighted by Crippen LogP contribution is 2.17. The Morgan fingerprint density at radius 1 is 1.18 bits per heavy atom. The first-order valence-corrected chi connectivity index (χ1v) is 8.78. The molecule has 0 aliphatic rings. The van der Waals surface area contributed by atoms with Crippen LogP contribution in [-0.2, 0) is 20.1 Å². The van der Waals surface area contributed by atoms with Crippen molar-refractivity contribution in [2.45, 2.75) is 33.9 Å². The van der Waals surface area contributed by atoms with Crippen molar-refractivity contribution in [2.75, 3.05) is 0 Å². The molecule has 28 heavy (non-hydrogen) atoms. The van der Waals surface area contributed by atoms with Gasteiger partial charge >= 0.3 is 5.69 Å². The molecule has 1 N–H and O–H groups in total. The van der Waals surface area contributed by atoms with Gasteiger partial charge in [-0.15, -0.1) is 0 Å². The minimum Gasteiger partial charge on any atom is -0.493 e. The number of nitrogens with zero attached hydrogens (tertiary/aromatic N) is 7. The van der Waals surface area contributed by atoms with Gasteiger partial charge in [-0.05, 0) is 26.8 Å². The number of hydrogen-bond acceptors (Lipinski definition) is 6. The summed E-state index contributed by atoms with van der Waals surface area (Å²) < 4.78 is 11.2. The van der Waals surface area contributed by atoms with Gasteiger partial charge in [0.15, 0.2) is 0 Å². The predicted molar refractivity (Wildman–Crippen MR) is 99.6 cm³/mol. The van der Waals surface area contributed by atoms with Crippen molar-refractivity contribution in [3.63, 3.8) is 0 Å². The van der Waals surface area contributed by atoms with Crippen LogP contribution in [0.5, 0.6) is 5.88 Å². The summed E-state index contributed by atoms with van der Waals surface area (Å²) in [5, 5.41) is 22.8. The molecule has 10 heteroatoms. The van der Waals surface area contributed by atoms with Gasteiger partial charge in [0.1, 0.15) is 5.76 Å². The van der Waals surface area contributed by atoms with E-state index in [0.29, 0.717) is 18.8 Å². The first-order chi connectivity index (χ1) is 13.3. The van der Waals surface area contributed by atoms with E-state index in [-0.39, 0.29) is 11.6 Å². The number of aryl methyl sites for hydroxylation is 4. The summed E-state index contributed by atoms with van der Waals surface area (Å²) in [6.07, 6.45) is 4.65. The van der Waals surface area contributed by atoms with E-state index in [9.17, 15) is 9.90 Å². The van der Waals surface area contributed by atoms with Gasteiger partial charge in [-0.25, -0.2) is 9.36 Å². The maximum Gasteiger partial charge on any atom is 0.336 e. The van der Waals surface area contributed by atoms with Crippen LogP contribution in [-0.4, -0.2) is 39.0 Å². The molecule has 0 spiro atoms. The van der Waals surface area contributed by atoms with Crippen LogP contribution in [0.3, 0.4) is 0 Å². The Kier molecular flexibility index (Phi) is 4.17. The minimum atomic E-state index is -0.353. The molecule has 0 aliphatic heterocycles. The van der Waals surface area contributed by atoms with Crippen molar-refractivity contribution in [3.8, 4) is 11.6 Å². The van der Waals surface area contributed by atoms with E-state index in [1.54, 1.807) is 15.6 Å². The van der Waals surface area contributed by atoms with E-state index in [4.69, 9.17) is 4.52 Å². The molecule has 0 saturated carbocycles. The maximum absolute atomic E-state index is 12.8. The number of hydrogen-bond donors (Lipinski definition) is 1. The van der Waals surface area contributed by atoms with Crippen molar-refractivity contribution < 1.29 is 9.63 Å². The van der Waals surface area contributed by atoms with Crippen LogP contribution in [0.1, 0.15) is 28.4 Å². The van der Waals surface area contributed by atoms with E-state index >= 15 is 0 Å². The molecular formula is C18H21N7O3. The fourth-order valence-electron chi connectivity index (χ4n) is 3.27. The van der Waals surface area contributed by atoms with Gasteiger partial charge in [0.05, 0.1) is 48.3 Å². The molecule has 0 aromatic carbocycles. The predicted octanol–water partition coefficient (Wildman–Crippen LogP) is 1.28. The zero-order valence-corrected chi connectivity index (χ0v) is 16.1. The molecular weight excluding hydrogens is 362 g/mol. The Balaban J connectivity index is 1.63. The Hall–Kier alpha value is -3.56. The topological polar surface area (TPSA) is 109 Å². The number of aromatic hydroxyl groups is 1. The SMILES string of the molecule is Cc1cc(Cn2cc(O)n(-c3cnn(Cc4c(C)noc4C)c3)c2=O)n(C)n1. The van der Waals surface area contributed by atoms with Crippen LogP contribution >= 0.6 is 0 Å². The number of imidazole rings is 1. The summed E-state index contributed by atoms with van der Waals surface area (Å²) in [4.78, 5) is 12.8. The largest absolute Gasteiger partial charge is 0.493 e. The lowest BCUT2D eigenvalue weighted by molar-refractivity contribution is 0.391. The van der Waals surface area contributed by atoms with E-state index < -0.39 is 0 Å². The van der Waals surface area contributed by atoms with Crippen molar-refractivity contribution in [3.05, 3.63) is 63.5 Å². The Bertz CT molecular complexity index is 1190. The zero-order valence-electron chi connectivity index (χ0n) is 16.1. The van der Waals surface area contributed by atoms with E-state index in [2.05, 4.69) is 15.4 Å². The van der Waals surface area contributed by atoms with E-state index in [0.717, 1.165) is 28.4 Å². The average Bonchev–Trinajstić information content (AvgIpc) is 3.35. The van der Waals surface area contributed by atoms with E-state index in [1.165, 1.54) is 21.5 Å². The molecule has 0 bridgehead atoms. The molecule has 0 saturated heterocycles. The summed E-state index contributed by atoms with van der Waals surface area (Å²) in [6.45, 7) is 6.38. The summed E-state index contributed by atoms with van der Waals surface area (Å²) in [6, 6.07) is 1.91. The minimum absolute atomic E-state index is 0.152. The second kappa shape index (κ2) is 6.55. The van der Waals surface area contributed by atoms with Crippen LogP contribution in [0.15, 0.2) is 34.0 Å². The quantitative estimate of drug-likeness (QED) is 0.556. The lowest BCUT2D eigenvalue weighted by Crippen LogP contribution is -2.24. The zero-order chi connectivity index (χ0) is 20.0. The summed E-state index contributed by atoms with van der Waals surface area (Å²) >= 11 is 0. The first-order valence-electron chi connectivity index (χ1n) is 8.78. The molecule has 10 nitrogen and oxygen atoms in total. The fourth-order valence-corrected chi connectivity index (χ4v) is 3.27. The number of rotatable bonds is 5. The molecule has 4 rings (SSSR count). The molecule has 146 valence electrons. The van der Waals surface area contributed by atoms with Gasteiger partial charge in [-0.1, -0.05) is 5.16 Å². The van der Waals surface area contributed by atoms with Crippen molar-refractivity contribution in [1.82, 2.24) is 33.9 Å². The van der Waals surface area contributed by atoms with Crippen molar-refractivity contribution in [2.24, 2.45) is 7.05 Å². The molecule has 0 amide bonds. The highest BCUT2D eigenvalue weighted by molar-refractivity contribution is 5.32. The average molecular weight is 383 g/mol. The summed E-state index contributed by atoms with van der Waals surface area (Å²) in [5.41, 5.74) is 3.60. The van der Waals surface area contributed by atoms with Crippen LogP contribution in [0.2, 0.25) is 0 Å². The summed E-state index contributed by atoms with van der Waals surface area (Å²) in [5.74, 6) is 0.577. The molecule has 4 aromatic heterocycles. The van der Waals surface area contributed by atoms with Crippen LogP contribution in [0, 0.1) is 20.8 Å². The Morgan fingerprint density at radius 3 is 2.61 bits per heavy atom. The maximum atomic E-state index is 12.8. The van der Waals surface area contributed by atoms with Gasteiger partial charge in [0.25, 0.3) is 0 Å². The van der Waals surface area contributed by atoms with Crippen molar-refractivity contribution >= 4 is 0 Å². The molecule has 4 aromatic rings. The van der Waals surface area contributed by atoms with Gasteiger partial charge in [-0.3, -0.25) is 13.9 Å². The molecule has 4 heterocycles. The van der Waals surface area contributed by atoms with Gasteiger partial charge in [-0.2, -0.15) is 10.2 Å². The summed E-state index contributed by atoms with van der Waals surface area (Å²) in [7, 11) is 1.82. The molecule has 0 atom stereocenters. The second-order valence-electron chi connectivity index (χ2n) is 6.83. The van der Waals surface area contributed by atoms with E-state index in [1.807, 2.05) is 33.9 Å². The highest BCUT2D eigenvalue weighted by atomic mass is 16.5. The number of aromatic nitrogens is 7. The van der Waals surface area contributed by atoms with Gasteiger partial charge in [0, 0.05) is 18.8 Å². The second-order valence-corrected chi connectivity index (χ2v) is 6.83. The smallest absolute Gasteiger partial charge is 0.336 e. The van der Waals surface area contributed by atoms with Crippen LogP contribution < -0.4 is 5.69 Å². The normalized spacial score (nSPS) is 11.4. The third-order valence-corrected chi connectivity index (χ3v) is 4.75. The molecule has 0 fully saturated rings. The first kappa shape index (κ1) is 17.8. The Morgan fingerprint density at radius 2 is 1.96 bits per heavy atom. The Labute approximate surface area is 160 Å². The third-order valence-electron chi connectivity index (χ3n) is 4.75. The lowest BCUT2D eigenvalue weighted by atomic mass is 10.2. The van der Waals surface area contributed by atoms with Crippen molar-refractivity contribution in [1.29, 1.82) is 0 Å². The monoisotopic (exact) mass is 383 g/mol.